The molecule has 1 aromatic heterocycles. The summed E-state index contributed by atoms with van der Waals surface area (Å²) >= 11 is 0. The number of rotatable bonds is 12. The van der Waals surface area contributed by atoms with Gasteiger partial charge >= 0.3 is 5.97 Å². The van der Waals surface area contributed by atoms with Crippen molar-refractivity contribution in [2.45, 2.75) is 129 Å². The van der Waals surface area contributed by atoms with Gasteiger partial charge in [0.2, 0.25) is 5.91 Å². The van der Waals surface area contributed by atoms with E-state index in [0.717, 1.165) is 38.5 Å². The molecule has 4 saturated carbocycles. The third-order valence-corrected chi connectivity index (χ3v) is 12.8. The number of carbonyl (C=O) groups is 2. The molecule has 0 saturated heterocycles. The number of nitrogens with one attached hydrogen (secondary N) is 1. The second-order valence-electron chi connectivity index (χ2n) is 15.1. The molecule has 10 nitrogen and oxygen atoms in total. The molecule has 1 unspecified atom stereocenters. The van der Waals surface area contributed by atoms with Gasteiger partial charge in [-0.15, -0.1) is 5.10 Å². The van der Waals surface area contributed by atoms with Crippen LogP contribution in [-0.4, -0.2) is 78.3 Å². The average Bonchev–Trinajstić information content (AvgIpc) is 3.57. The lowest BCUT2D eigenvalue weighted by molar-refractivity contribution is -0.207. The van der Waals surface area contributed by atoms with E-state index in [2.05, 4.69) is 36.4 Å². The van der Waals surface area contributed by atoms with E-state index in [9.17, 15) is 34.4 Å². The van der Waals surface area contributed by atoms with Gasteiger partial charge in [0.15, 0.2) is 0 Å². The maximum Gasteiger partial charge on any atom is 0.326 e. The molecule has 1 amide bonds. The number of aryl methyl sites for hydroxylation is 1. The Labute approximate surface area is 260 Å². The van der Waals surface area contributed by atoms with Gasteiger partial charge in [0.1, 0.15) is 6.04 Å². The van der Waals surface area contributed by atoms with Crippen LogP contribution in [0.4, 0.5) is 4.39 Å². The summed E-state index contributed by atoms with van der Waals surface area (Å²) in [5.74, 6) is -0.266. The highest BCUT2D eigenvalue weighted by molar-refractivity contribution is 5.83. The largest absolute Gasteiger partial charge is 0.480 e. The molecule has 0 bridgehead atoms. The Kier molecular flexibility index (Phi) is 10.1. The minimum absolute atomic E-state index is 0.0118. The Morgan fingerprint density at radius 2 is 1.89 bits per heavy atom. The normalized spacial score (nSPS) is 39.5. The molecule has 5 N–H and O–H groups in total. The molecule has 248 valence electrons. The Balaban J connectivity index is 1.18. The number of amides is 1. The smallest absolute Gasteiger partial charge is 0.326 e. The van der Waals surface area contributed by atoms with Gasteiger partial charge in [0.25, 0.3) is 0 Å². The molecule has 0 aromatic carbocycles. The SMILES string of the molecule is C[C@H](CCC(=O)NC(Cc1cn(CCCCF)nn1)C(=O)O)[C@H]1CC[C@H]2[C@@H]3[C@H](O)C[C@@H]4C[C@H](O)CC[C@]4(C)[C@H]3C[C@H](O)[C@]12C. The van der Waals surface area contributed by atoms with E-state index in [1.807, 2.05) is 0 Å². The third kappa shape index (κ3) is 6.30. The van der Waals surface area contributed by atoms with Gasteiger partial charge < -0.3 is 25.7 Å². The van der Waals surface area contributed by atoms with Crippen molar-refractivity contribution >= 4 is 11.9 Å². The van der Waals surface area contributed by atoms with E-state index in [1.54, 1.807) is 10.9 Å². The van der Waals surface area contributed by atoms with Gasteiger partial charge in [0, 0.05) is 25.6 Å². The molecular formula is C33H53FN4O6. The number of hydrogen-bond donors (Lipinski definition) is 5. The molecule has 44 heavy (non-hydrogen) atoms. The minimum Gasteiger partial charge on any atom is -0.480 e. The number of fused-ring (bicyclic) bond motifs is 5. The standard InChI is InChI=1S/C33H53FN4O6/c1-19(6-9-29(42)35-26(31(43)44)16-21-18-38(37-36-21)13-5-4-12-34)23-7-8-24-30-25(17-28(41)33(23,24)3)32(2)11-10-22(39)14-20(32)15-27(30)40/h18-20,22-28,30,39-41H,4-17H2,1-3H3,(H,35,42)(H,43,44)/t19-,20+,22-,23-,24+,25+,26?,27-,28+,30+,32+,33-/m1/s1. The lowest BCUT2D eigenvalue weighted by Gasteiger charge is -2.63. The number of alkyl halides is 1. The third-order valence-electron chi connectivity index (χ3n) is 12.8. The van der Waals surface area contributed by atoms with Gasteiger partial charge in [-0.25, -0.2) is 4.79 Å². The highest BCUT2D eigenvalue weighted by Gasteiger charge is 2.65. The van der Waals surface area contributed by atoms with E-state index in [0.29, 0.717) is 37.9 Å². The minimum atomic E-state index is -1.14. The van der Waals surface area contributed by atoms with Crippen molar-refractivity contribution in [1.29, 1.82) is 0 Å². The van der Waals surface area contributed by atoms with Crippen molar-refractivity contribution in [2.24, 2.45) is 46.3 Å². The summed E-state index contributed by atoms with van der Waals surface area (Å²) in [5, 5.41) is 54.0. The molecule has 4 aliphatic carbocycles. The molecule has 0 radical (unpaired) electrons. The van der Waals surface area contributed by atoms with Crippen LogP contribution in [0.3, 0.4) is 0 Å². The first-order chi connectivity index (χ1) is 20.9. The summed E-state index contributed by atoms with van der Waals surface area (Å²) in [6.45, 7) is 6.77. The number of aliphatic carboxylic acids is 1. The highest BCUT2D eigenvalue weighted by atomic mass is 19.1. The zero-order valence-corrected chi connectivity index (χ0v) is 26.6. The molecule has 12 atom stereocenters. The van der Waals surface area contributed by atoms with E-state index in [4.69, 9.17) is 0 Å². The number of nitrogens with zero attached hydrogens (tertiary/aromatic N) is 3. The fraction of sp³-hybridized carbons (Fsp3) is 0.879. The predicted molar refractivity (Wildman–Crippen MR) is 161 cm³/mol. The summed E-state index contributed by atoms with van der Waals surface area (Å²) in [5.41, 5.74) is 0.127. The van der Waals surface area contributed by atoms with Crippen LogP contribution in [0.15, 0.2) is 6.20 Å². The second-order valence-corrected chi connectivity index (χ2v) is 15.1. The van der Waals surface area contributed by atoms with Crippen LogP contribution in [0.5, 0.6) is 0 Å². The van der Waals surface area contributed by atoms with Crippen molar-refractivity contribution in [3.05, 3.63) is 11.9 Å². The highest BCUT2D eigenvalue weighted by Crippen LogP contribution is 2.68. The van der Waals surface area contributed by atoms with Crippen LogP contribution in [-0.2, 0) is 22.6 Å². The zero-order valence-electron chi connectivity index (χ0n) is 26.6. The Morgan fingerprint density at radius 3 is 2.61 bits per heavy atom. The van der Waals surface area contributed by atoms with Crippen molar-refractivity contribution in [3.63, 3.8) is 0 Å². The van der Waals surface area contributed by atoms with Crippen molar-refractivity contribution in [1.82, 2.24) is 20.3 Å². The molecule has 11 heteroatoms. The first kappa shape index (κ1) is 33.3. The summed E-state index contributed by atoms with van der Waals surface area (Å²) < 4.78 is 13.9. The number of aliphatic hydroxyl groups is 3. The van der Waals surface area contributed by atoms with Crippen LogP contribution < -0.4 is 5.32 Å². The van der Waals surface area contributed by atoms with E-state index in [1.165, 1.54) is 0 Å². The van der Waals surface area contributed by atoms with Gasteiger partial charge in [0.05, 0.1) is 30.7 Å². The van der Waals surface area contributed by atoms with Crippen LogP contribution in [0.1, 0.15) is 97.1 Å². The predicted octanol–water partition coefficient (Wildman–Crippen LogP) is 3.52. The van der Waals surface area contributed by atoms with Crippen LogP contribution in [0.2, 0.25) is 0 Å². The topological polar surface area (TPSA) is 158 Å². The number of carbonyl (C=O) groups excluding carboxylic acids is 1. The summed E-state index contributed by atoms with van der Waals surface area (Å²) in [4.78, 5) is 24.9. The molecule has 0 aliphatic heterocycles. The van der Waals surface area contributed by atoms with E-state index in [-0.39, 0.29) is 71.2 Å². The Morgan fingerprint density at radius 1 is 1.11 bits per heavy atom. The zero-order chi connectivity index (χ0) is 31.8. The number of unbranched alkanes of at least 4 members (excludes halogenated alkanes) is 1. The van der Waals surface area contributed by atoms with Crippen LogP contribution in [0.25, 0.3) is 0 Å². The van der Waals surface area contributed by atoms with Crippen LogP contribution >= 0.6 is 0 Å². The van der Waals surface area contributed by atoms with Gasteiger partial charge in [-0.2, -0.15) is 0 Å². The summed E-state index contributed by atoms with van der Waals surface area (Å²) in [6.07, 6.45) is 7.98. The fourth-order valence-corrected chi connectivity index (χ4v) is 10.3. The number of aromatic nitrogens is 3. The molecule has 5 rings (SSSR count). The molecule has 0 spiro atoms. The maximum atomic E-state index is 12.9. The number of carboxylic acids is 1. The van der Waals surface area contributed by atoms with Crippen molar-refractivity contribution in [2.75, 3.05) is 6.67 Å². The molecule has 1 aromatic rings. The van der Waals surface area contributed by atoms with Crippen molar-refractivity contribution < 1.29 is 34.4 Å². The van der Waals surface area contributed by atoms with Gasteiger partial charge in [-0.05, 0) is 111 Å². The lowest BCUT2D eigenvalue weighted by atomic mass is 9.43. The first-order valence-electron chi connectivity index (χ1n) is 16.9. The Hall–Kier alpha value is -2.11. The van der Waals surface area contributed by atoms with E-state index < -0.39 is 30.9 Å². The molecule has 1 heterocycles. The fourth-order valence-electron chi connectivity index (χ4n) is 10.3. The lowest BCUT2D eigenvalue weighted by Crippen LogP contribution is -2.62. The van der Waals surface area contributed by atoms with Crippen LogP contribution in [0, 0.1) is 46.3 Å². The quantitative estimate of drug-likeness (QED) is 0.222. The summed E-state index contributed by atoms with van der Waals surface area (Å²) in [6, 6.07) is -1.13. The Bertz CT molecular complexity index is 1170. The summed E-state index contributed by atoms with van der Waals surface area (Å²) in [7, 11) is 0. The number of halogens is 1. The molecular weight excluding hydrogens is 567 g/mol. The number of hydrogen-bond acceptors (Lipinski definition) is 7. The number of aliphatic hydroxyl groups excluding tert-OH is 3. The average molecular weight is 621 g/mol. The first-order valence-corrected chi connectivity index (χ1v) is 16.9. The maximum absolute atomic E-state index is 12.9. The van der Waals surface area contributed by atoms with E-state index >= 15 is 0 Å². The van der Waals surface area contributed by atoms with Gasteiger partial charge in [-0.3, -0.25) is 13.9 Å². The number of carboxylic acid groups (broad SMARTS) is 1. The molecule has 4 aliphatic rings. The molecule has 4 fully saturated rings. The van der Waals surface area contributed by atoms with Crippen molar-refractivity contribution in [3.8, 4) is 0 Å². The second kappa shape index (κ2) is 13.3. The van der Waals surface area contributed by atoms with Gasteiger partial charge in [-0.1, -0.05) is 26.0 Å². The monoisotopic (exact) mass is 620 g/mol.